The van der Waals surface area contributed by atoms with E-state index in [1.165, 1.54) is 109 Å². The van der Waals surface area contributed by atoms with E-state index in [1.54, 1.807) is 0 Å². The quantitative estimate of drug-likeness (QED) is 0.0357. The molecule has 0 bridgehead atoms. The van der Waals surface area contributed by atoms with Crippen molar-refractivity contribution in [2.75, 3.05) is 19.8 Å². The Bertz CT molecular complexity index is 873. The molecule has 302 valence electrons. The van der Waals surface area contributed by atoms with Crippen LogP contribution in [0, 0.1) is 0 Å². The van der Waals surface area contributed by atoms with E-state index in [-0.39, 0.29) is 25.2 Å². The molecular weight excluding hydrogens is 645 g/mol. The van der Waals surface area contributed by atoms with Gasteiger partial charge in [-0.15, -0.1) is 0 Å². The summed E-state index contributed by atoms with van der Waals surface area (Å²) in [6.07, 6.45) is 51.0. The number of rotatable bonds is 40. The molecule has 0 aromatic carbocycles. The number of hydrogen-bond acceptors (Lipinski definition) is 5. The van der Waals surface area contributed by atoms with E-state index < -0.39 is 6.10 Å². The fourth-order valence-corrected chi connectivity index (χ4v) is 6.09. The van der Waals surface area contributed by atoms with Crippen molar-refractivity contribution >= 4 is 11.9 Å². The van der Waals surface area contributed by atoms with Crippen LogP contribution in [-0.2, 0) is 23.8 Å². The molecule has 0 rings (SSSR count). The molecule has 0 radical (unpaired) electrons. The molecule has 0 spiro atoms. The molecule has 0 aliphatic rings. The average molecular weight is 729 g/mol. The highest BCUT2D eigenvalue weighted by Crippen LogP contribution is 2.14. The van der Waals surface area contributed by atoms with Crippen LogP contribution >= 0.6 is 0 Å². The third-order valence-electron chi connectivity index (χ3n) is 9.38. The summed E-state index contributed by atoms with van der Waals surface area (Å²) in [4.78, 5) is 25.2. The van der Waals surface area contributed by atoms with Crippen molar-refractivity contribution in [2.45, 2.75) is 219 Å². The van der Waals surface area contributed by atoms with Crippen LogP contribution in [0.15, 0.2) is 48.6 Å². The van der Waals surface area contributed by atoms with Crippen LogP contribution in [0.1, 0.15) is 213 Å². The van der Waals surface area contributed by atoms with Crippen LogP contribution in [-0.4, -0.2) is 37.9 Å². The van der Waals surface area contributed by atoms with Crippen LogP contribution < -0.4 is 0 Å². The molecule has 5 nitrogen and oxygen atoms in total. The molecule has 0 aromatic heterocycles. The van der Waals surface area contributed by atoms with Gasteiger partial charge in [0.15, 0.2) is 6.10 Å². The molecule has 52 heavy (non-hydrogen) atoms. The van der Waals surface area contributed by atoms with Gasteiger partial charge in [0, 0.05) is 19.4 Å². The van der Waals surface area contributed by atoms with Crippen molar-refractivity contribution in [3.8, 4) is 0 Å². The van der Waals surface area contributed by atoms with Crippen LogP contribution in [0.2, 0.25) is 0 Å². The van der Waals surface area contributed by atoms with Crippen LogP contribution in [0.3, 0.4) is 0 Å². The molecule has 1 atom stereocenters. The minimum Gasteiger partial charge on any atom is -0.462 e. The van der Waals surface area contributed by atoms with E-state index in [2.05, 4.69) is 69.4 Å². The van der Waals surface area contributed by atoms with E-state index in [0.29, 0.717) is 19.4 Å². The maximum atomic E-state index is 12.7. The van der Waals surface area contributed by atoms with Crippen molar-refractivity contribution in [3.63, 3.8) is 0 Å². The summed E-state index contributed by atoms with van der Waals surface area (Å²) in [5.74, 6) is -0.441. The van der Waals surface area contributed by atoms with Crippen LogP contribution in [0.4, 0.5) is 0 Å². The second kappa shape index (κ2) is 43.3. The standard InChI is InChI=1S/C47H84O5/c1-4-7-10-13-16-19-22-23-24-25-27-28-31-34-37-40-46(48)51-44-45(43-50-42-39-36-33-30-21-18-15-12-9-6-3)52-47(49)41-38-35-32-29-26-20-17-14-11-8-5-2/h7,10,16,19,23-24,27-28,45H,4-6,8-9,11-15,17-18,20-22,25-26,29-44H2,1-3H3/b10-7-,19-16-,24-23-,28-27-. The fourth-order valence-electron chi connectivity index (χ4n) is 6.09. The van der Waals surface area contributed by atoms with Gasteiger partial charge in [-0.05, 0) is 57.8 Å². The number of allylic oxidation sites excluding steroid dienone is 8. The zero-order valence-corrected chi connectivity index (χ0v) is 34.6. The van der Waals surface area contributed by atoms with Gasteiger partial charge < -0.3 is 14.2 Å². The number of esters is 2. The first-order valence-electron chi connectivity index (χ1n) is 22.2. The molecule has 0 aliphatic carbocycles. The average Bonchev–Trinajstić information content (AvgIpc) is 3.14. The number of ether oxygens (including phenoxy) is 3. The highest BCUT2D eigenvalue weighted by molar-refractivity contribution is 5.70. The summed E-state index contributed by atoms with van der Waals surface area (Å²) in [5, 5.41) is 0. The van der Waals surface area contributed by atoms with Crippen molar-refractivity contribution in [3.05, 3.63) is 48.6 Å². The predicted molar refractivity (Wildman–Crippen MR) is 224 cm³/mol. The summed E-state index contributed by atoms with van der Waals surface area (Å²) in [7, 11) is 0. The summed E-state index contributed by atoms with van der Waals surface area (Å²) in [6.45, 7) is 7.67. The van der Waals surface area contributed by atoms with Gasteiger partial charge in [-0.2, -0.15) is 0 Å². The Kier molecular flexibility index (Phi) is 41.5. The van der Waals surface area contributed by atoms with Gasteiger partial charge in [-0.3, -0.25) is 9.59 Å². The lowest BCUT2D eigenvalue weighted by Gasteiger charge is -2.18. The van der Waals surface area contributed by atoms with Gasteiger partial charge in [0.1, 0.15) is 6.61 Å². The Balaban J connectivity index is 4.29. The van der Waals surface area contributed by atoms with E-state index >= 15 is 0 Å². The van der Waals surface area contributed by atoms with Gasteiger partial charge >= 0.3 is 11.9 Å². The highest BCUT2D eigenvalue weighted by Gasteiger charge is 2.17. The maximum Gasteiger partial charge on any atom is 0.306 e. The summed E-state index contributed by atoms with van der Waals surface area (Å²) < 4.78 is 17.2. The number of hydrogen-bond donors (Lipinski definition) is 0. The Labute approximate surface area is 322 Å². The molecule has 0 saturated heterocycles. The Morgan fingerprint density at radius 2 is 0.865 bits per heavy atom. The topological polar surface area (TPSA) is 61.8 Å². The number of carbonyl (C=O) groups excluding carboxylic acids is 2. The molecule has 0 heterocycles. The highest BCUT2D eigenvalue weighted by atomic mass is 16.6. The predicted octanol–water partition coefficient (Wildman–Crippen LogP) is 14.4. The minimum absolute atomic E-state index is 0.0672. The Morgan fingerprint density at radius 3 is 1.38 bits per heavy atom. The van der Waals surface area contributed by atoms with Crippen molar-refractivity contribution in [2.24, 2.45) is 0 Å². The lowest BCUT2D eigenvalue weighted by atomic mass is 10.1. The molecule has 5 heteroatoms. The lowest BCUT2D eigenvalue weighted by Crippen LogP contribution is -2.30. The molecule has 0 amide bonds. The van der Waals surface area contributed by atoms with Crippen molar-refractivity contribution < 1.29 is 23.8 Å². The molecule has 0 saturated carbocycles. The van der Waals surface area contributed by atoms with E-state index in [4.69, 9.17) is 14.2 Å². The molecule has 0 N–H and O–H groups in total. The summed E-state index contributed by atoms with van der Waals surface area (Å²) in [5.41, 5.74) is 0. The third kappa shape index (κ3) is 40.6. The van der Waals surface area contributed by atoms with E-state index in [1.807, 2.05) is 0 Å². The summed E-state index contributed by atoms with van der Waals surface area (Å²) in [6, 6.07) is 0. The Hall–Kier alpha value is -2.14. The fraction of sp³-hybridized carbons (Fsp3) is 0.787. The van der Waals surface area contributed by atoms with Crippen molar-refractivity contribution in [1.29, 1.82) is 0 Å². The van der Waals surface area contributed by atoms with Gasteiger partial charge in [-0.1, -0.05) is 191 Å². The largest absolute Gasteiger partial charge is 0.462 e. The second-order valence-corrected chi connectivity index (χ2v) is 14.6. The first-order valence-corrected chi connectivity index (χ1v) is 22.2. The second-order valence-electron chi connectivity index (χ2n) is 14.6. The van der Waals surface area contributed by atoms with Crippen LogP contribution in [0.25, 0.3) is 0 Å². The van der Waals surface area contributed by atoms with Gasteiger partial charge in [0.05, 0.1) is 6.61 Å². The first kappa shape index (κ1) is 49.9. The van der Waals surface area contributed by atoms with Crippen molar-refractivity contribution in [1.82, 2.24) is 0 Å². The number of unbranched alkanes of at least 4 members (excludes halogenated alkanes) is 21. The maximum absolute atomic E-state index is 12.7. The molecule has 0 aromatic rings. The monoisotopic (exact) mass is 729 g/mol. The van der Waals surface area contributed by atoms with Gasteiger partial charge in [-0.25, -0.2) is 0 Å². The zero-order valence-electron chi connectivity index (χ0n) is 34.6. The summed E-state index contributed by atoms with van der Waals surface area (Å²) >= 11 is 0. The van der Waals surface area contributed by atoms with Gasteiger partial charge in [0.2, 0.25) is 0 Å². The van der Waals surface area contributed by atoms with Gasteiger partial charge in [0.25, 0.3) is 0 Å². The normalized spacial score (nSPS) is 12.6. The molecule has 1 unspecified atom stereocenters. The smallest absolute Gasteiger partial charge is 0.306 e. The van der Waals surface area contributed by atoms with E-state index in [9.17, 15) is 9.59 Å². The third-order valence-corrected chi connectivity index (χ3v) is 9.38. The zero-order chi connectivity index (χ0) is 37.8. The first-order chi connectivity index (χ1) is 25.6. The van der Waals surface area contributed by atoms with Crippen LogP contribution in [0.5, 0.6) is 0 Å². The SMILES string of the molecule is CC/C=C\C/C=C\C/C=C\C/C=C\CCCCC(=O)OCC(COCCCCCCCCCCCC)OC(=O)CCCCCCCCCCCCC. The molecular formula is C47H84O5. The molecule has 0 aliphatic heterocycles. The minimum atomic E-state index is -0.545. The lowest BCUT2D eigenvalue weighted by molar-refractivity contribution is -0.163. The number of carbonyl (C=O) groups is 2. The van der Waals surface area contributed by atoms with E-state index in [0.717, 1.165) is 70.6 Å². The Morgan fingerprint density at radius 1 is 0.442 bits per heavy atom. The molecule has 0 fully saturated rings.